The van der Waals surface area contributed by atoms with Gasteiger partial charge < -0.3 is 0 Å². The molecule has 0 fully saturated rings. The van der Waals surface area contributed by atoms with Crippen molar-refractivity contribution in [3.63, 3.8) is 0 Å². The average molecular weight is 783 g/mol. The normalized spacial score (nSPS) is 11.7. The van der Waals surface area contributed by atoms with Crippen LogP contribution in [-0.2, 0) is 0 Å². The highest BCUT2D eigenvalue weighted by Gasteiger charge is 2.22. The van der Waals surface area contributed by atoms with E-state index in [4.69, 9.17) is 15.0 Å². The summed E-state index contributed by atoms with van der Waals surface area (Å²) in [6, 6.07) is 73.4. The number of hydrogen-bond acceptors (Lipinski definition) is 4. The lowest BCUT2D eigenvalue weighted by Gasteiger charge is -2.14. The van der Waals surface area contributed by atoms with Gasteiger partial charge in [-0.3, -0.25) is 4.57 Å². The first-order valence-electron chi connectivity index (χ1n) is 20.2. The first-order chi connectivity index (χ1) is 29.7. The van der Waals surface area contributed by atoms with Crippen LogP contribution in [0.25, 0.3) is 115 Å². The second kappa shape index (κ2) is 14.0. The summed E-state index contributed by atoms with van der Waals surface area (Å²) in [6.45, 7) is 0. The number of rotatable bonds is 6. The minimum absolute atomic E-state index is 0.569. The summed E-state index contributed by atoms with van der Waals surface area (Å²) in [4.78, 5) is 16.0. The molecule has 0 saturated heterocycles. The fourth-order valence-electron chi connectivity index (χ4n) is 8.69. The zero-order chi connectivity index (χ0) is 39.6. The van der Waals surface area contributed by atoms with Gasteiger partial charge in [0.25, 0.3) is 0 Å². The second-order valence-corrected chi connectivity index (χ2v) is 16.3. The Kier molecular flexibility index (Phi) is 8.00. The van der Waals surface area contributed by atoms with Crippen molar-refractivity contribution in [3.8, 4) is 62.1 Å². The van der Waals surface area contributed by atoms with Crippen LogP contribution in [0.3, 0.4) is 0 Å². The van der Waals surface area contributed by atoms with Gasteiger partial charge in [-0.15, -0.1) is 11.3 Å². The standard InChI is InChI=1S/C55H34N4S/c1-3-12-35(13-4-1)37-22-26-39(27-23-37)53-56-54(40-28-24-38(25-29-40)36-14-5-2-6-15-36)58-55(57-53)59-49-33-42-17-8-7-16-41(42)32-48(49)47-20-11-19-44(52(47)59)43-30-31-46-45-18-9-10-21-50(45)60-51(46)34-43/h1-34H. The lowest BCUT2D eigenvalue weighted by atomic mass is 10.00. The summed E-state index contributed by atoms with van der Waals surface area (Å²) in [5.74, 6) is 1.79. The molecule has 0 radical (unpaired) electrons. The van der Waals surface area contributed by atoms with E-state index >= 15 is 0 Å². The van der Waals surface area contributed by atoms with Gasteiger partial charge in [0.1, 0.15) is 0 Å². The molecule has 0 N–H and O–H groups in total. The number of para-hydroxylation sites is 1. The number of benzene rings is 9. The van der Waals surface area contributed by atoms with Crippen LogP contribution in [0.15, 0.2) is 206 Å². The molecule has 0 atom stereocenters. The monoisotopic (exact) mass is 782 g/mol. The van der Waals surface area contributed by atoms with Crippen molar-refractivity contribution < 1.29 is 0 Å². The van der Waals surface area contributed by atoms with Crippen LogP contribution in [0, 0.1) is 0 Å². The van der Waals surface area contributed by atoms with Crippen LogP contribution in [0.1, 0.15) is 0 Å². The smallest absolute Gasteiger partial charge is 0.238 e. The summed E-state index contributed by atoms with van der Waals surface area (Å²) in [6.07, 6.45) is 0. The molecule has 3 heterocycles. The quantitative estimate of drug-likeness (QED) is 0.169. The van der Waals surface area contributed by atoms with Crippen LogP contribution >= 0.6 is 11.3 Å². The maximum absolute atomic E-state index is 5.38. The summed E-state index contributed by atoms with van der Waals surface area (Å²) >= 11 is 1.84. The number of fused-ring (bicyclic) bond motifs is 7. The molecular weight excluding hydrogens is 749 g/mol. The van der Waals surface area contributed by atoms with Gasteiger partial charge in [0, 0.05) is 47.6 Å². The molecule has 5 heteroatoms. The van der Waals surface area contributed by atoms with Crippen molar-refractivity contribution in [1.82, 2.24) is 19.5 Å². The Morgan fingerprint density at radius 2 is 0.850 bits per heavy atom. The van der Waals surface area contributed by atoms with E-state index in [0.717, 1.165) is 60.6 Å². The van der Waals surface area contributed by atoms with Gasteiger partial charge in [-0.2, -0.15) is 9.97 Å². The highest BCUT2D eigenvalue weighted by molar-refractivity contribution is 7.25. The van der Waals surface area contributed by atoms with Gasteiger partial charge in [-0.05, 0) is 62.9 Å². The first-order valence-corrected chi connectivity index (χ1v) is 21.0. The molecule has 60 heavy (non-hydrogen) atoms. The number of nitrogens with zero attached hydrogens (tertiary/aromatic N) is 4. The van der Waals surface area contributed by atoms with Crippen LogP contribution < -0.4 is 0 Å². The van der Waals surface area contributed by atoms with E-state index in [2.05, 4.69) is 199 Å². The first kappa shape index (κ1) is 34.3. The number of thiophene rings is 1. The molecule has 4 nitrogen and oxygen atoms in total. The molecule has 0 spiro atoms. The molecule has 280 valence electrons. The van der Waals surface area contributed by atoms with E-state index in [-0.39, 0.29) is 0 Å². The highest BCUT2D eigenvalue weighted by Crippen LogP contribution is 2.42. The highest BCUT2D eigenvalue weighted by atomic mass is 32.1. The molecule has 0 aliphatic rings. The topological polar surface area (TPSA) is 43.6 Å². The van der Waals surface area contributed by atoms with Crippen LogP contribution in [0.5, 0.6) is 0 Å². The lowest BCUT2D eigenvalue weighted by Crippen LogP contribution is -2.07. The zero-order valence-electron chi connectivity index (χ0n) is 32.3. The van der Waals surface area contributed by atoms with Crippen LogP contribution in [0.2, 0.25) is 0 Å². The van der Waals surface area contributed by atoms with E-state index in [9.17, 15) is 0 Å². The largest absolute Gasteiger partial charge is 0.277 e. The Morgan fingerprint density at radius 1 is 0.333 bits per heavy atom. The summed E-state index contributed by atoms with van der Waals surface area (Å²) in [7, 11) is 0. The average Bonchev–Trinajstić information content (AvgIpc) is 3.86. The number of aromatic nitrogens is 4. The molecule has 9 aromatic carbocycles. The van der Waals surface area contributed by atoms with Gasteiger partial charge in [-0.25, -0.2) is 4.98 Å². The molecule has 12 aromatic rings. The summed E-state index contributed by atoms with van der Waals surface area (Å²) < 4.78 is 4.83. The fourth-order valence-corrected chi connectivity index (χ4v) is 9.84. The lowest BCUT2D eigenvalue weighted by molar-refractivity contribution is 0.954. The SMILES string of the molecule is c1ccc(-c2ccc(-c3nc(-c4ccc(-c5ccccc5)cc4)nc(-n4c5cc6ccccc6cc5c5cccc(-c6ccc7c(c6)sc6ccccc67)c54)n3)cc2)cc1. The van der Waals surface area contributed by atoms with Gasteiger partial charge in [0.2, 0.25) is 5.95 Å². The molecule has 0 amide bonds. The number of hydrogen-bond donors (Lipinski definition) is 0. The molecular formula is C55H34N4S. The molecule has 0 bridgehead atoms. The predicted octanol–water partition coefficient (Wildman–Crippen LogP) is 14.8. The maximum Gasteiger partial charge on any atom is 0.238 e. The Bertz CT molecular complexity index is 3470. The minimum Gasteiger partial charge on any atom is -0.277 e. The van der Waals surface area contributed by atoms with Crippen molar-refractivity contribution in [1.29, 1.82) is 0 Å². The van der Waals surface area contributed by atoms with Gasteiger partial charge in [0.15, 0.2) is 11.6 Å². The predicted molar refractivity (Wildman–Crippen MR) is 252 cm³/mol. The van der Waals surface area contributed by atoms with Crippen molar-refractivity contribution in [2.24, 2.45) is 0 Å². The van der Waals surface area contributed by atoms with Gasteiger partial charge in [-0.1, -0.05) is 182 Å². The van der Waals surface area contributed by atoms with E-state index in [1.165, 1.54) is 36.7 Å². The Labute approximate surface area is 350 Å². The second-order valence-electron chi connectivity index (χ2n) is 15.2. The van der Waals surface area contributed by atoms with Gasteiger partial charge >= 0.3 is 0 Å². The van der Waals surface area contributed by atoms with Crippen molar-refractivity contribution in [3.05, 3.63) is 206 Å². The Morgan fingerprint density at radius 3 is 1.52 bits per heavy atom. The van der Waals surface area contributed by atoms with Crippen molar-refractivity contribution in [2.45, 2.75) is 0 Å². The molecule has 3 aromatic heterocycles. The van der Waals surface area contributed by atoms with E-state index < -0.39 is 0 Å². The Hall–Kier alpha value is -7.73. The van der Waals surface area contributed by atoms with Crippen molar-refractivity contribution >= 4 is 64.1 Å². The van der Waals surface area contributed by atoms with Crippen molar-refractivity contribution in [2.75, 3.05) is 0 Å². The van der Waals surface area contributed by atoms with Crippen LogP contribution in [-0.4, -0.2) is 19.5 Å². The molecule has 0 aliphatic carbocycles. The molecule has 12 rings (SSSR count). The summed E-state index contributed by atoms with van der Waals surface area (Å²) in [5.41, 5.74) is 10.8. The van der Waals surface area contributed by atoms with E-state index in [1.807, 2.05) is 23.5 Å². The molecule has 0 unspecified atom stereocenters. The minimum atomic E-state index is 0.569. The van der Waals surface area contributed by atoms with Crippen LogP contribution in [0.4, 0.5) is 0 Å². The molecule has 0 aliphatic heterocycles. The molecule has 0 saturated carbocycles. The summed E-state index contributed by atoms with van der Waals surface area (Å²) in [5, 5.41) is 7.22. The fraction of sp³-hybridized carbons (Fsp3) is 0. The third kappa shape index (κ3) is 5.78. The maximum atomic E-state index is 5.38. The Balaban J connectivity index is 1.12. The van der Waals surface area contributed by atoms with E-state index in [1.54, 1.807) is 0 Å². The zero-order valence-corrected chi connectivity index (χ0v) is 33.1. The van der Waals surface area contributed by atoms with Gasteiger partial charge in [0.05, 0.1) is 11.0 Å². The van der Waals surface area contributed by atoms with E-state index in [0.29, 0.717) is 17.6 Å². The third-order valence-corrected chi connectivity index (χ3v) is 12.8. The third-order valence-electron chi connectivity index (χ3n) is 11.7.